The quantitative estimate of drug-likeness (QED) is 0.467. The minimum Gasteiger partial charge on any atom is -0.378 e. The number of halogens is 1. The van der Waals surface area contributed by atoms with Crippen molar-refractivity contribution in [2.24, 2.45) is 5.92 Å². The van der Waals surface area contributed by atoms with Gasteiger partial charge >= 0.3 is 0 Å². The van der Waals surface area contributed by atoms with E-state index in [1.54, 1.807) is 23.8 Å². The summed E-state index contributed by atoms with van der Waals surface area (Å²) >= 11 is 0. The minimum absolute atomic E-state index is 0.0342. The van der Waals surface area contributed by atoms with Crippen LogP contribution in [0.5, 0.6) is 0 Å². The molecule has 32 heavy (non-hydrogen) atoms. The Morgan fingerprint density at radius 3 is 2.62 bits per heavy atom. The highest BCUT2D eigenvalue weighted by molar-refractivity contribution is 5.97. The van der Waals surface area contributed by atoms with Crippen molar-refractivity contribution in [1.29, 1.82) is 0 Å². The first kappa shape index (κ1) is 20.2. The highest BCUT2D eigenvalue weighted by Gasteiger charge is 2.30. The molecule has 2 aromatic carbocycles. The van der Waals surface area contributed by atoms with E-state index in [0.717, 1.165) is 22.4 Å². The zero-order valence-corrected chi connectivity index (χ0v) is 17.5. The van der Waals surface area contributed by atoms with E-state index in [2.05, 4.69) is 16.3 Å². The van der Waals surface area contributed by atoms with Gasteiger partial charge in [0.2, 0.25) is 0 Å². The molecule has 0 N–H and O–H groups in total. The number of Topliss-reactive ketones (excluding diaryl/α,β-unsaturated/α-hetero) is 1. The summed E-state index contributed by atoms with van der Waals surface area (Å²) in [6, 6.07) is 16.2. The lowest BCUT2D eigenvalue weighted by Gasteiger charge is -2.20. The number of aromatic nitrogens is 4. The highest BCUT2D eigenvalue weighted by atomic mass is 19.1. The average molecular weight is 428 g/mol. The maximum atomic E-state index is 13.5. The minimum atomic E-state index is -0.319. The van der Waals surface area contributed by atoms with Gasteiger partial charge in [-0.3, -0.25) is 4.79 Å². The summed E-state index contributed by atoms with van der Waals surface area (Å²) in [7, 11) is 1.59. The summed E-state index contributed by atoms with van der Waals surface area (Å²) in [4.78, 5) is 12.8. The number of benzene rings is 2. The Balaban J connectivity index is 1.59. The molecule has 0 fully saturated rings. The van der Waals surface area contributed by atoms with Gasteiger partial charge < -0.3 is 4.74 Å². The number of hydrogen-bond donors (Lipinski definition) is 0. The molecule has 6 nitrogen and oxygen atoms in total. The molecule has 0 radical (unpaired) electrons. The second-order valence-corrected chi connectivity index (χ2v) is 7.85. The maximum Gasteiger partial charge on any atom is 0.185 e. The molecule has 1 aliphatic carbocycles. The molecule has 7 heteroatoms. The molecule has 2 heterocycles. The van der Waals surface area contributed by atoms with Gasteiger partial charge in [-0.1, -0.05) is 54.6 Å². The number of ether oxygens (including phenoxy) is 1. The van der Waals surface area contributed by atoms with Crippen molar-refractivity contribution in [2.45, 2.75) is 19.4 Å². The van der Waals surface area contributed by atoms with Crippen LogP contribution in [0.4, 0.5) is 4.39 Å². The van der Waals surface area contributed by atoms with E-state index in [-0.39, 0.29) is 24.1 Å². The van der Waals surface area contributed by atoms with Crippen LogP contribution in [0.3, 0.4) is 0 Å². The van der Waals surface area contributed by atoms with Crippen molar-refractivity contribution >= 4 is 17.5 Å². The number of ketones is 1. The van der Waals surface area contributed by atoms with Crippen molar-refractivity contribution in [1.82, 2.24) is 19.8 Å². The number of fused-ring (bicyclic) bond motifs is 3. The third kappa shape index (κ3) is 3.71. The molecular weight excluding hydrogens is 407 g/mol. The molecule has 1 atom stereocenters. The second-order valence-electron chi connectivity index (χ2n) is 7.85. The Morgan fingerprint density at radius 2 is 1.88 bits per heavy atom. The molecule has 0 aliphatic heterocycles. The van der Waals surface area contributed by atoms with Crippen molar-refractivity contribution in [3.63, 3.8) is 0 Å². The van der Waals surface area contributed by atoms with Crippen LogP contribution < -0.4 is 0 Å². The number of rotatable bonds is 5. The molecular formula is C25H21FN4O2. The Bertz CT molecular complexity index is 1310. The maximum absolute atomic E-state index is 13.5. The molecule has 0 saturated carbocycles. The molecule has 2 aromatic heterocycles. The molecule has 0 bridgehead atoms. The summed E-state index contributed by atoms with van der Waals surface area (Å²) in [5, 5.41) is 13.3. The molecule has 4 aromatic rings. The molecule has 1 unspecified atom stereocenters. The topological polar surface area (TPSA) is 69.4 Å². The van der Waals surface area contributed by atoms with Gasteiger partial charge in [0.15, 0.2) is 17.1 Å². The normalized spacial score (nSPS) is 16.1. The second kappa shape index (κ2) is 8.43. The lowest BCUT2D eigenvalue weighted by Crippen LogP contribution is -2.24. The highest BCUT2D eigenvalue weighted by Crippen LogP contribution is 2.32. The van der Waals surface area contributed by atoms with Gasteiger partial charge in [0, 0.05) is 13.5 Å². The fourth-order valence-corrected chi connectivity index (χ4v) is 4.14. The van der Waals surface area contributed by atoms with Crippen molar-refractivity contribution in [3.05, 3.63) is 89.1 Å². The lowest BCUT2D eigenvalue weighted by molar-refractivity contribution is 0.0950. The average Bonchev–Trinajstić information content (AvgIpc) is 3.18. The van der Waals surface area contributed by atoms with E-state index in [9.17, 15) is 9.18 Å². The van der Waals surface area contributed by atoms with Crippen LogP contribution in [-0.2, 0) is 17.8 Å². The van der Waals surface area contributed by atoms with Crippen LogP contribution in [0, 0.1) is 11.7 Å². The van der Waals surface area contributed by atoms with Crippen molar-refractivity contribution in [3.8, 4) is 11.1 Å². The van der Waals surface area contributed by atoms with Gasteiger partial charge in [-0.2, -0.15) is 5.10 Å². The van der Waals surface area contributed by atoms with Crippen molar-refractivity contribution < 1.29 is 13.9 Å². The third-order valence-corrected chi connectivity index (χ3v) is 5.65. The largest absolute Gasteiger partial charge is 0.378 e. The van der Waals surface area contributed by atoms with Gasteiger partial charge in [0.05, 0.1) is 23.6 Å². The number of hydrogen-bond acceptors (Lipinski definition) is 5. The van der Waals surface area contributed by atoms with Crippen molar-refractivity contribution in [2.75, 3.05) is 7.11 Å². The van der Waals surface area contributed by atoms with Crippen LogP contribution in [0.15, 0.2) is 60.7 Å². The van der Waals surface area contributed by atoms with E-state index in [0.29, 0.717) is 29.9 Å². The molecule has 1 aliphatic rings. The fourth-order valence-electron chi connectivity index (χ4n) is 4.14. The summed E-state index contributed by atoms with van der Waals surface area (Å²) in [5.74, 6) is -0.331. The standard InChI is InChI=1S/C25H21FN4O2/c1-32-15-20-23(18-9-11-19(26)12-10-18)25-28-27-24-21(30(25)29-20)13-17(14-22(24)31)8-7-16-5-3-2-4-6-16/h2-12,17H,13-15H2,1H3/b8-7+. The Kier molecular flexibility index (Phi) is 5.33. The summed E-state index contributed by atoms with van der Waals surface area (Å²) in [5.41, 5.74) is 4.88. The van der Waals surface area contributed by atoms with Gasteiger partial charge in [-0.15, -0.1) is 10.2 Å². The van der Waals surface area contributed by atoms with E-state index in [4.69, 9.17) is 9.84 Å². The van der Waals surface area contributed by atoms with Gasteiger partial charge in [0.1, 0.15) is 5.82 Å². The van der Waals surface area contributed by atoms with Crippen LogP contribution in [-0.4, -0.2) is 32.7 Å². The van der Waals surface area contributed by atoms with E-state index < -0.39 is 0 Å². The van der Waals surface area contributed by atoms with E-state index in [1.165, 1.54) is 12.1 Å². The Morgan fingerprint density at radius 1 is 1.09 bits per heavy atom. The first-order valence-corrected chi connectivity index (χ1v) is 10.4. The predicted octanol–water partition coefficient (Wildman–Crippen LogP) is 4.54. The number of nitrogens with zero attached hydrogens (tertiary/aromatic N) is 4. The monoisotopic (exact) mass is 428 g/mol. The predicted molar refractivity (Wildman–Crippen MR) is 119 cm³/mol. The molecule has 0 amide bonds. The SMILES string of the molecule is COCc1nn2c3c(nnc2c1-c1ccc(F)cc1)C(=O)CC(/C=C/c1ccccc1)C3. The number of allylic oxidation sites excluding steroid dienone is 1. The summed E-state index contributed by atoms with van der Waals surface area (Å²) in [6.07, 6.45) is 5.11. The fraction of sp³-hybridized carbons (Fsp3) is 0.200. The molecule has 5 rings (SSSR count). The first-order chi connectivity index (χ1) is 15.6. The van der Waals surface area contributed by atoms with Crippen LogP contribution in [0.1, 0.15) is 33.9 Å². The van der Waals surface area contributed by atoms with Gasteiger partial charge in [-0.25, -0.2) is 8.91 Å². The smallest absolute Gasteiger partial charge is 0.185 e. The van der Waals surface area contributed by atoms with E-state index >= 15 is 0 Å². The van der Waals surface area contributed by atoms with Crippen LogP contribution >= 0.6 is 0 Å². The third-order valence-electron chi connectivity index (χ3n) is 5.65. The molecule has 0 spiro atoms. The van der Waals surface area contributed by atoms with Gasteiger partial charge in [0.25, 0.3) is 0 Å². The molecule has 160 valence electrons. The lowest BCUT2D eigenvalue weighted by atomic mass is 9.88. The molecule has 0 saturated heterocycles. The van der Waals surface area contributed by atoms with Crippen LogP contribution in [0.25, 0.3) is 22.9 Å². The number of carbonyl (C=O) groups excluding carboxylic acids is 1. The van der Waals surface area contributed by atoms with E-state index in [1.807, 2.05) is 36.4 Å². The summed E-state index contributed by atoms with van der Waals surface area (Å²) < 4.78 is 20.5. The van der Waals surface area contributed by atoms with Gasteiger partial charge in [-0.05, 0) is 35.6 Å². The zero-order chi connectivity index (χ0) is 22.1. The summed E-state index contributed by atoms with van der Waals surface area (Å²) in [6.45, 7) is 0.260. The first-order valence-electron chi connectivity index (χ1n) is 10.4. The number of carbonyl (C=O) groups is 1. The Hall–Kier alpha value is -3.71. The Labute approximate surface area is 184 Å². The van der Waals surface area contributed by atoms with Crippen LogP contribution in [0.2, 0.25) is 0 Å². The zero-order valence-electron chi connectivity index (χ0n) is 17.5. The number of methoxy groups -OCH3 is 1.